The average molecular weight is 463 g/mol. The molecule has 0 amide bonds. The molecule has 0 bridgehead atoms. The van der Waals surface area contributed by atoms with Crippen LogP contribution in [0.2, 0.25) is 0 Å². The number of hydrogen-bond donors (Lipinski definition) is 2. The van der Waals surface area contributed by atoms with Gasteiger partial charge in [-0.2, -0.15) is 8.42 Å². The van der Waals surface area contributed by atoms with Crippen LogP contribution in [0.25, 0.3) is 5.69 Å². The Morgan fingerprint density at radius 1 is 1.00 bits per heavy atom. The highest BCUT2D eigenvalue weighted by Gasteiger charge is 2.12. The minimum absolute atomic E-state index is 0.132. The zero-order valence-electron chi connectivity index (χ0n) is 19.4. The van der Waals surface area contributed by atoms with Crippen LogP contribution in [0, 0.1) is 6.92 Å². The molecule has 9 heteroatoms. The lowest BCUT2D eigenvalue weighted by atomic mass is 10.3. The van der Waals surface area contributed by atoms with Gasteiger partial charge in [-0.1, -0.05) is 43.3 Å². The van der Waals surface area contributed by atoms with Crippen molar-refractivity contribution in [3.8, 4) is 5.69 Å². The molecule has 0 spiro atoms. The second-order valence-electron chi connectivity index (χ2n) is 7.11. The zero-order valence-corrected chi connectivity index (χ0v) is 20.2. The van der Waals surface area contributed by atoms with E-state index < -0.39 is 10.1 Å². The summed E-state index contributed by atoms with van der Waals surface area (Å²) >= 11 is 0. The number of nitrogens with two attached hydrogens (primary N) is 1. The van der Waals surface area contributed by atoms with Gasteiger partial charge in [-0.15, -0.1) is 0 Å². The first-order valence-corrected chi connectivity index (χ1v) is 11.9. The highest BCUT2D eigenvalue weighted by atomic mass is 32.2. The fourth-order valence-electron chi connectivity index (χ4n) is 2.71. The molecule has 1 heterocycles. The van der Waals surface area contributed by atoms with Gasteiger partial charge in [0.25, 0.3) is 15.7 Å². The lowest BCUT2D eigenvalue weighted by molar-refractivity contribution is 0.482. The molecule has 0 aliphatic rings. The molecule has 3 rings (SSSR count). The maximum Gasteiger partial charge on any atom is 0.294 e. The van der Waals surface area contributed by atoms with Crippen molar-refractivity contribution < 1.29 is 13.0 Å². The van der Waals surface area contributed by atoms with E-state index in [1.54, 1.807) is 16.3 Å². The van der Waals surface area contributed by atoms with Crippen LogP contribution in [0.5, 0.6) is 0 Å². The molecule has 3 N–H and O–H groups in total. The van der Waals surface area contributed by atoms with Crippen LogP contribution >= 0.6 is 0 Å². The van der Waals surface area contributed by atoms with Gasteiger partial charge in [-0.05, 0) is 44.5 Å². The molecule has 3 aromatic rings. The number of aromatic nitrogens is 2. The van der Waals surface area contributed by atoms with E-state index in [4.69, 9.17) is 10.3 Å². The SMILES string of the molecule is CCCS(=O)(=O)O.CCN(C)c1ccccc1.Cc1c(N)c(=O)n(-c2ccccc2)n1C. The number of rotatable bonds is 5. The fraction of sp³-hybridized carbons (Fsp3) is 0.348. The monoisotopic (exact) mass is 462 g/mol. The Balaban J connectivity index is 0.000000262. The summed E-state index contributed by atoms with van der Waals surface area (Å²) in [7, 11) is 0.238. The van der Waals surface area contributed by atoms with Crippen molar-refractivity contribution in [2.75, 3.05) is 30.0 Å². The molecule has 0 atom stereocenters. The van der Waals surface area contributed by atoms with E-state index in [0.717, 1.165) is 17.9 Å². The largest absolute Gasteiger partial charge is 0.393 e. The van der Waals surface area contributed by atoms with Crippen LogP contribution in [0.4, 0.5) is 11.4 Å². The van der Waals surface area contributed by atoms with E-state index in [2.05, 4.69) is 43.1 Å². The van der Waals surface area contributed by atoms with E-state index >= 15 is 0 Å². The molecule has 0 aliphatic carbocycles. The number of nitrogen functional groups attached to an aromatic ring is 1. The van der Waals surface area contributed by atoms with Gasteiger partial charge in [-0.3, -0.25) is 14.0 Å². The Labute approximate surface area is 190 Å². The number of anilines is 2. The molecular formula is C23H34N4O4S. The number of hydrogen-bond acceptors (Lipinski definition) is 5. The second kappa shape index (κ2) is 12.7. The lowest BCUT2D eigenvalue weighted by Crippen LogP contribution is -2.20. The summed E-state index contributed by atoms with van der Waals surface area (Å²) in [5.41, 5.74) is 8.72. The summed E-state index contributed by atoms with van der Waals surface area (Å²) in [6, 6.07) is 19.8. The number of para-hydroxylation sites is 2. The quantitative estimate of drug-likeness (QED) is 0.562. The maximum absolute atomic E-state index is 11.8. The van der Waals surface area contributed by atoms with E-state index in [0.29, 0.717) is 12.1 Å². The smallest absolute Gasteiger partial charge is 0.294 e. The molecule has 0 aliphatic heterocycles. The van der Waals surface area contributed by atoms with Gasteiger partial charge in [0.2, 0.25) is 0 Å². The lowest BCUT2D eigenvalue weighted by Gasteiger charge is -2.15. The molecule has 0 unspecified atom stereocenters. The summed E-state index contributed by atoms with van der Waals surface area (Å²) in [6.07, 6.45) is 0.471. The molecule has 2 aromatic carbocycles. The summed E-state index contributed by atoms with van der Waals surface area (Å²) in [6.45, 7) is 6.72. The predicted octanol–water partition coefficient (Wildman–Crippen LogP) is 3.49. The summed E-state index contributed by atoms with van der Waals surface area (Å²) in [5.74, 6) is -0.132. The van der Waals surface area contributed by atoms with Gasteiger partial charge in [0.1, 0.15) is 5.69 Å². The topological polar surface area (TPSA) is 111 Å². The third-order valence-corrected chi connectivity index (χ3v) is 5.66. The van der Waals surface area contributed by atoms with Crippen molar-refractivity contribution >= 4 is 21.5 Å². The van der Waals surface area contributed by atoms with Crippen molar-refractivity contribution in [3.05, 3.63) is 76.7 Å². The van der Waals surface area contributed by atoms with Crippen LogP contribution < -0.4 is 16.2 Å². The summed E-state index contributed by atoms with van der Waals surface area (Å²) in [5, 5.41) is 0. The van der Waals surface area contributed by atoms with E-state index in [-0.39, 0.29) is 11.3 Å². The Hall–Kier alpha value is -3.04. The average Bonchev–Trinajstić information content (AvgIpc) is 2.97. The van der Waals surface area contributed by atoms with E-state index in [1.807, 2.05) is 50.4 Å². The standard InChI is InChI=1S/C11H13N3O.C9H13N.C3H8O3S/c1-8-10(12)11(15)14(13(8)2)9-6-4-3-5-7-9;1-3-10(2)9-7-5-4-6-8-9;1-2-3-7(4,5)6/h3-7H,12H2,1-2H3;4-8H,3H2,1-2H3;2-3H2,1H3,(H,4,5,6). The molecule has 0 fully saturated rings. The molecule has 0 saturated carbocycles. The molecular weight excluding hydrogens is 428 g/mol. The molecule has 0 saturated heterocycles. The predicted molar refractivity (Wildman–Crippen MR) is 132 cm³/mol. The van der Waals surface area contributed by atoms with Gasteiger partial charge in [0.15, 0.2) is 0 Å². The summed E-state index contributed by atoms with van der Waals surface area (Å²) < 4.78 is 30.9. The molecule has 0 radical (unpaired) electrons. The second-order valence-corrected chi connectivity index (χ2v) is 8.68. The third kappa shape index (κ3) is 8.24. The molecule has 176 valence electrons. The molecule has 8 nitrogen and oxygen atoms in total. The molecule has 1 aromatic heterocycles. The highest BCUT2D eigenvalue weighted by molar-refractivity contribution is 7.85. The zero-order chi connectivity index (χ0) is 24.3. The minimum atomic E-state index is -3.67. The highest BCUT2D eigenvalue weighted by Crippen LogP contribution is 2.10. The minimum Gasteiger partial charge on any atom is -0.393 e. The summed E-state index contributed by atoms with van der Waals surface area (Å²) in [4.78, 5) is 14.0. The van der Waals surface area contributed by atoms with E-state index in [1.165, 1.54) is 5.69 Å². The first-order valence-electron chi connectivity index (χ1n) is 10.3. The Morgan fingerprint density at radius 2 is 1.50 bits per heavy atom. The van der Waals surface area contributed by atoms with Crippen molar-refractivity contribution in [1.29, 1.82) is 0 Å². The Bertz CT molecular complexity index is 1110. The van der Waals surface area contributed by atoms with Crippen LogP contribution in [0.15, 0.2) is 65.5 Å². The number of nitrogens with zero attached hydrogens (tertiary/aromatic N) is 3. The van der Waals surface area contributed by atoms with Crippen molar-refractivity contribution in [2.24, 2.45) is 7.05 Å². The number of benzene rings is 2. The van der Waals surface area contributed by atoms with Crippen LogP contribution in [-0.2, 0) is 17.2 Å². The first kappa shape index (κ1) is 27.0. The van der Waals surface area contributed by atoms with Crippen LogP contribution in [-0.4, -0.2) is 41.7 Å². The third-order valence-electron chi connectivity index (χ3n) is 4.73. The van der Waals surface area contributed by atoms with Gasteiger partial charge < -0.3 is 10.6 Å². The maximum atomic E-state index is 11.8. The van der Waals surface area contributed by atoms with Gasteiger partial charge >= 0.3 is 0 Å². The Morgan fingerprint density at radius 3 is 1.84 bits per heavy atom. The molecule has 32 heavy (non-hydrogen) atoms. The van der Waals surface area contributed by atoms with Gasteiger partial charge in [0.05, 0.1) is 17.1 Å². The van der Waals surface area contributed by atoms with Crippen molar-refractivity contribution in [3.63, 3.8) is 0 Å². The van der Waals surface area contributed by atoms with Crippen LogP contribution in [0.1, 0.15) is 26.0 Å². The fourth-order valence-corrected chi connectivity index (χ4v) is 3.23. The van der Waals surface area contributed by atoms with Crippen molar-refractivity contribution in [1.82, 2.24) is 9.36 Å². The Kier molecular flexibility index (Phi) is 10.7. The van der Waals surface area contributed by atoms with Gasteiger partial charge in [-0.25, -0.2) is 4.68 Å². The first-order chi connectivity index (χ1) is 15.0. The van der Waals surface area contributed by atoms with E-state index in [9.17, 15) is 13.2 Å². The van der Waals surface area contributed by atoms with Crippen LogP contribution in [0.3, 0.4) is 0 Å². The van der Waals surface area contributed by atoms with Gasteiger partial charge in [0, 0.05) is 26.3 Å². The van der Waals surface area contributed by atoms with Crippen molar-refractivity contribution in [2.45, 2.75) is 27.2 Å². The normalized spacial score (nSPS) is 10.4.